The average molecular weight is 363 g/mol. The van der Waals surface area contributed by atoms with Crippen LogP contribution in [0.4, 0.5) is 10.5 Å². The molecule has 0 saturated carbocycles. The van der Waals surface area contributed by atoms with E-state index in [1.165, 1.54) is 7.11 Å². The lowest BCUT2D eigenvalue weighted by Gasteiger charge is -2.12. The van der Waals surface area contributed by atoms with Gasteiger partial charge in [-0.3, -0.25) is 5.32 Å². The third-order valence-corrected chi connectivity index (χ3v) is 4.70. The van der Waals surface area contributed by atoms with E-state index in [-0.39, 0.29) is 0 Å². The first-order valence-corrected chi connectivity index (χ1v) is 8.38. The monoisotopic (exact) mass is 362 g/mol. The molecule has 0 spiro atoms. The number of carbonyl (C=O) groups is 1. The number of thiazole rings is 1. The summed E-state index contributed by atoms with van der Waals surface area (Å²) in [7, 11) is 1.31. The molecule has 0 unspecified atom stereocenters. The molecule has 24 heavy (non-hydrogen) atoms. The van der Waals surface area contributed by atoms with Crippen LogP contribution in [0.25, 0.3) is 10.2 Å². The Balaban J connectivity index is 1.75. The van der Waals surface area contributed by atoms with Crippen LogP contribution in [0.5, 0.6) is 5.75 Å². The van der Waals surface area contributed by atoms with Gasteiger partial charge in [0.15, 0.2) is 0 Å². The van der Waals surface area contributed by atoms with Crippen molar-refractivity contribution < 1.29 is 14.3 Å². The number of halogens is 1. The fraction of sp³-hybridized carbons (Fsp3) is 0.176. The van der Waals surface area contributed by atoms with Crippen molar-refractivity contribution in [1.82, 2.24) is 4.98 Å². The van der Waals surface area contributed by atoms with Crippen molar-refractivity contribution in [2.24, 2.45) is 0 Å². The van der Waals surface area contributed by atoms with Crippen LogP contribution in [0.3, 0.4) is 0 Å². The minimum atomic E-state index is -0.544. The molecule has 2 aromatic carbocycles. The smallest absolute Gasteiger partial charge is 0.411 e. The highest BCUT2D eigenvalue weighted by molar-refractivity contribution is 7.18. The Bertz CT molecular complexity index is 862. The van der Waals surface area contributed by atoms with Crippen LogP contribution in [0.2, 0.25) is 5.02 Å². The molecule has 5 nitrogen and oxygen atoms in total. The van der Waals surface area contributed by atoms with E-state index in [1.54, 1.807) is 23.5 Å². The number of rotatable bonds is 4. The number of amides is 1. The van der Waals surface area contributed by atoms with Crippen molar-refractivity contribution in [1.29, 1.82) is 0 Å². The van der Waals surface area contributed by atoms with Crippen molar-refractivity contribution in [3.63, 3.8) is 0 Å². The van der Waals surface area contributed by atoms with E-state index in [2.05, 4.69) is 15.0 Å². The van der Waals surface area contributed by atoms with Crippen LogP contribution in [-0.2, 0) is 11.3 Å². The molecule has 0 radical (unpaired) electrons. The van der Waals surface area contributed by atoms with E-state index in [1.807, 2.05) is 31.2 Å². The second kappa shape index (κ2) is 7.07. The normalized spacial score (nSPS) is 10.6. The number of hydrogen-bond donors (Lipinski definition) is 1. The molecular formula is C17H15ClN2O3S. The number of anilines is 1. The number of para-hydroxylation sites is 1. The van der Waals surface area contributed by atoms with Gasteiger partial charge in [0, 0.05) is 5.69 Å². The summed E-state index contributed by atoms with van der Waals surface area (Å²) in [4.78, 5) is 15.8. The quantitative estimate of drug-likeness (QED) is 0.708. The summed E-state index contributed by atoms with van der Waals surface area (Å²) in [6, 6.07) is 11.4. The number of carbonyl (C=O) groups excluding carboxylic acids is 1. The molecule has 0 aliphatic heterocycles. The molecule has 0 aliphatic carbocycles. The molecule has 7 heteroatoms. The molecular weight excluding hydrogens is 348 g/mol. The Morgan fingerprint density at radius 3 is 2.88 bits per heavy atom. The fourth-order valence-electron chi connectivity index (χ4n) is 2.18. The molecule has 1 N–H and O–H groups in total. The molecule has 1 amide bonds. The Morgan fingerprint density at radius 2 is 2.12 bits per heavy atom. The van der Waals surface area contributed by atoms with Gasteiger partial charge in [0.2, 0.25) is 0 Å². The first kappa shape index (κ1) is 16.5. The number of ether oxygens (including phenoxy) is 2. The lowest BCUT2D eigenvalue weighted by Crippen LogP contribution is -2.12. The number of aromatic nitrogens is 1. The van der Waals surface area contributed by atoms with Crippen molar-refractivity contribution in [2.75, 3.05) is 12.4 Å². The molecule has 0 aliphatic rings. The van der Waals surface area contributed by atoms with Gasteiger partial charge in [-0.25, -0.2) is 9.78 Å². The number of aryl methyl sites for hydroxylation is 1. The van der Waals surface area contributed by atoms with E-state index >= 15 is 0 Å². The molecule has 0 bridgehead atoms. The number of nitrogens with one attached hydrogen (secondary N) is 1. The third kappa shape index (κ3) is 3.60. The van der Waals surface area contributed by atoms with Gasteiger partial charge >= 0.3 is 6.09 Å². The molecule has 0 atom stereocenters. The highest BCUT2D eigenvalue weighted by Crippen LogP contribution is 2.32. The van der Waals surface area contributed by atoms with Crippen LogP contribution >= 0.6 is 22.9 Å². The van der Waals surface area contributed by atoms with E-state index in [4.69, 9.17) is 16.3 Å². The zero-order valence-electron chi connectivity index (χ0n) is 13.1. The van der Waals surface area contributed by atoms with E-state index in [0.29, 0.717) is 23.1 Å². The second-order valence-electron chi connectivity index (χ2n) is 5.08. The number of fused-ring (bicyclic) bond motifs is 1. The van der Waals surface area contributed by atoms with Gasteiger partial charge in [0.25, 0.3) is 0 Å². The highest BCUT2D eigenvalue weighted by Gasteiger charge is 2.11. The fourth-order valence-corrected chi connectivity index (χ4v) is 3.28. The first-order valence-electron chi connectivity index (χ1n) is 7.19. The molecule has 3 rings (SSSR count). The largest absolute Gasteiger partial charge is 0.485 e. The number of methoxy groups -OCH3 is 1. The number of hydrogen-bond acceptors (Lipinski definition) is 5. The second-order valence-corrected chi connectivity index (χ2v) is 6.60. The molecule has 0 fully saturated rings. The summed E-state index contributed by atoms with van der Waals surface area (Å²) < 4.78 is 11.5. The number of benzene rings is 2. The Morgan fingerprint density at radius 1 is 1.33 bits per heavy atom. The van der Waals surface area contributed by atoms with Crippen LogP contribution in [0, 0.1) is 6.92 Å². The maximum absolute atomic E-state index is 11.3. The van der Waals surface area contributed by atoms with Gasteiger partial charge in [-0.15, -0.1) is 11.3 Å². The van der Waals surface area contributed by atoms with Crippen molar-refractivity contribution in [3.8, 4) is 5.75 Å². The Labute approximate surface area is 148 Å². The van der Waals surface area contributed by atoms with Crippen LogP contribution in [0.15, 0.2) is 36.4 Å². The van der Waals surface area contributed by atoms with E-state index in [9.17, 15) is 4.79 Å². The van der Waals surface area contributed by atoms with Crippen molar-refractivity contribution in [2.45, 2.75) is 13.5 Å². The van der Waals surface area contributed by atoms with Crippen LogP contribution in [-0.4, -0.2) is 18.2 Å². The lowest BCUT2D eigenvalue weighted by atomic mass is 10.2. The van der Waals surface area contributed by atoms with E-state index in [0.717, 1.165) is 20.8 Å². The first-order chi connectivity index (χ1) is 11.6. The molecule has 0 saturated heterocycles. The van der Waals surface area contributed by atoms with Crippen LogP contribution in [0.1, 0.15) is 10.6 Å². The third-order valence-electron chi connectivity index (χ3n) is 3.39. The lowest BCUT2D eigenvalue weighted by molar-refractivity contribution is 0.187. The molecule has 124 valence electrons. The molecule has 1 aromatic heterocycles. The zero-order chi connectivity index (χ0) is 17.1. The zero-order valence-corrected chi connectivity index (χ0v) is 14.7. The topological polar surface area (TPSA) is 60.5 Å². The summed E-state index contributed by atoms with van der Waals surface area (Å²) in [5, 5.41) is 3.89. The molecule has 1 heterocycles. The predicted molar refractivity (Wildman–Crippen MR) is 96.2 cm³/mol. The van der Waals surface area contributed by atoms with Gasteiger partial charge < -0.3 is 9.47 Å². The Kier molecular flexibility index (Phi) is 4.87. The minimum Gasteiger partial charge on any atom is -0.485 e. The van der Waals surface area contributed by atoms with Gasteiger partial charge in [-0.1, -0.05) is 23.7 Å². The molecule has 3 aromatic rings. The van der Waals surface area contributed by atoms with Gasteiger partial charge in [0.05, 0.1) is 22.3 Å². The summed E-state index contributed by atoms with van der Waals surface area (Å²) in [6.45, 7) is 2.19. The van der Waals surface area contributed by atoms with E-state index < -0.39 is 6.09 Å². The summed E-state index contributed by atoms with van der Waals surface area (Å²) in [6.07, 6.45) is -0.544. The Hall–Kier alpha value is -2.31. The predicted octanol–water partition coefficient (Wildman–Crippen LogP) is 5.02. The summed E-state index contributed by atoms with van der Waals surface area (Å²) >= 11 is 7.83. The minimum absolute atomic E-state index is 0.336. The highest BCUT2D eigenvalue weighted by atomic mass is 35.5. The van der Waals surface area contributed by atoms with Gasteiger partial charge in [-0.05, 0) is 36.8 Å². The SMILES string of the molecule is COC(=O)Nc1cc(Cl)c(OCc2nc3ccccc3s2)cc1C. The number of nitrogens with zero attached hydrogens (tertiary/aromatic N) is 1. The summed E-state index contributed by atoms with van der Waals surface area (Å²) in [5.41, 5.74) is 2.37. The average Bonchev–Trinajstić information content (AvgIpc) is 2.99. The van der Waals surface area contributed by atoms with Crippen LogP contribution < -0.4 is 10.1 Å². The van der Waals surface area contributed by atoms with Gasteiger partial charge in [-0.2, -0.15) is 0 Å². The standard InChI is InChI=1S/C17H15ClN2O3S/c1-10-7-14(11(18)8-13(10)20-17(21)22-2)23-9-16-19-12-5-3-4-6-15(12)24-16/h3-8H,9H2,1-2H3,(H,20,21). The van der Waals surface area contributed by atoms with Crippen molar-refractivity contribution in [3.05, 3.63) is 52.0 Å². The summed E-state index contributed by atoms with van der Waals surface area (Å²) in [5.74, 6) is 0.545. The maximum Gasteiger partial charge on any atom is 0.411 e. The maximum atomic E-state index is 11.3. The van der Waals surface area contributed by atoms with Crippen molar-refractivity contribution >= 4 is 44.9 Å². The van der Waals surface area contributed by atoms with Gasteiger partial charge in [0.1, 0.15) is 17.4 Å².